The lowest BCUT2D eigenvalue weighted by molar-refractivity contribution is 0.0985. The number of anilines is 1. The van der Waals surface area contributed by atoms with Crippen molar-refractivity contribution in [2.24, 2.45) is 0 Å². The van der Waals surface area contributed by atoms with Gasteiger partial charge in [0.15, 0.2) is 5.13 Å². The number of aromatic nitrogens is 2. The SMILES string of the molecule is Cc1ccc2sc(N(Cc3ccccn3)C(=O)c3cc(Cl)ccc3Cl)nc2c1C. The van der Waals surface area contributed by atoms with Crippen LogP contribution < -0.4 is 4.90 Å². The summed E-state index contributed by atoms with van der Waals surface area (Å²) in [5.74, 6) is -0.267. The first-order valence-corrected chi connectivity index (χ1v) is 10.5. The zero-order valence-corrected chi connectivity index (χ0v) is 18.1. The van der Waals surface area contributed by atoms with Crippen LogP contribution >= 0.6 is 34.5 Å². The van der Waals surface area contributed by atoms with E-state index in [0.717, 1.165) is 27.0 Å². The van der Waals surface area contributed by atoms with E-state index in [-0.39, 0.29) is 12.5 Å². The van der Waals surface area contributed by atoms with Crippen LogP contribution in [-0.4, -0.2) is 15.9 Å². The fourth-order valence-electron chi connectivity index (χ4n) is 3.02. The quantitative estimate of drug-likeness (QED) is 0.364. The summed E-state index contributed by atoms with van der Waals surface area (Å²) in [5.41, 5.74) is 4.26. The number of thiazole rings is 1. The van der Waals surface area contributed by atoms with Crippen LogP contribution in [0.4, 0.5) is 5.13 Å². The number of carbonyl (C=O) groups is 1. The summed E-state index contributed by atoms with van der Waals surface area (Å²) >= 11 is 13.9. The lowest BCUT2D eigenvalue weighted by atomic mass is 10.1. The van der Waals surface area contributed by atoms with Crippen molar-refractivity contribution in [3.05, 3.63) is 87.2 Å². The molecular weight excluding hydrogens is 425 g/mol. The zero-order valence-electron chi connectivity index (χ0n) is 15.8. The van der Waals surface area contributed by atoms with Gasteiger partial charge in [-0.25, -0.2) is 4.98 Å². The van der Waals surface area contributed by atoms with Crippen molar-refractivity contribution in [1.29, 1.82) is 0 Å². The van der Waals surface area contributed by atoms with Gasteiger partial charge in [0.25, 0.3) is 5.91 Å². The van der Waals surface area contributed by atoms with Crippen LogP contribution in [0.3, 0.4) is 0 Å². The molecule has 4 aromatic rings. The largest absolute Gasteiger partial charge is 0.278 e. The number of pyridine rings is 1. The second-order valence-corrected chi connectivity index (χ2v) is 8.54. The Bertz CT molecular complexity index is 1210. The number of carbonyl (C=O) groups excluding carboxylic acids is 1. The maximum Gasteiger partial charge on any atom is 0.262 e. The molecule has 0 saturated heterocycles. The number of hydrogen-bond donors (Lipinski definition) is 0. The molecule has 0 saturated carbocycles. The molecule has 4 rings (SSSR count). The third-order valence-corrected chi connectivity index (χ3v) is 6.36. The van der Waals surface area contributed by atoms with Gasteiger partial charge in [-0.15, -0.1) is 0 Å². The summed E-state index contributed by atoms with van der Waals surface area (Å²) in [6.45, 7) is 4.37. The fourth-order valence-corrected chi connectivity index (χ4v) is 4.41. The van der Waals surface area contributed by atoms with E-state index >= 15 is 0 Å². The van der Waals surface area contributed by atoms with Crippen LogP contribution in [-0.2, 0) is 6.54 Å². The predicted octanol–water partition coefficient (Wildman–Crippen LogP) is 6.46. The van der Waals surface area contributed by atoms with E-state index in [1.54, 1.807) is 29.3 Å². The van der Waals surface area contributed by atoms with E-state index in [1.807, 2.05) is 31.2 Å². The number of benzene rings is 2. The number of hydrogen-bond acceptors (Lipinski definition) is 4. The third-order valence-electron chi connectivity index (χ3n) is 4.75. The van der Waals surface area contributed by atoms with E-state index in [4.69, 9.17) is 28.2 Å². The maximum absolute atomic E-state index is 13.5. The Kier molecular flexibility index (Phi) is 5.54. The average Bonchev–Trinajstić information content (AvgIpc) is 3.16. The Labute approximate surface area is 182 Å². The molecule has 0 spiro atoms. The van der Waals surface area contributed by atoms with Crippen molar-refractivity contribution in [2.75, 3.05) is 4.90 Å². The first-order valence-electron chi connectivity index (χ1n) is 8.97. The highest BCUT2D eigenvalue weighted by molar-refractivity contribution is 7.22. The maximum atomic E-state index is 13.5. The van der Waals surface area contributed by atoms with Crippen LogP contribution in [0.2, 0.25) is 10.0 Å². The lowest BCUT2D eigenvalue weighted by Gasteiger charge is -2.20. The number of fused-ring (bicyclic) bond motifs is 1. The Morgan fingerprint density at radius 2 is 1.93 bits per heavy atom. The number of nitrogens with zero attached hydrogens (tertiary/aromatic N) is 3. The molecular formula is C22H17Cl2N3OS. The molecule has 2 aromatic carbocycles. The van der Waals surface area contributed by atoms with E-state index in [1.165, 1.54) is 11.3 Å². The number of halogens is 2. The van der Waals surface area contributed by atoms with E-state index < -0.39 is 0 Å². The highest BCUT2D eigenvalue weighted by Crippen LogP contribution is 2.34. The Hall–Kier alpha value is -2.47. The summed E-state index contributed by atoms with van der Waals surface area (Å²) in [6.07, 6.45) is 1.70. The molecule has 29 heavy (non-hydrogen) atoms. The number of amides is 1. The van der Waals surface area contributed by atoms with E-state index in [0.29, 0.717) is 20.7 Å². The van der Waals surface area contributed by atoms with Crippen LogP contribution in [0.1, 0.15) is 27.2 Å². The molecule has 0 aliphatic rings. The van der Waals surface area contributed by atoms with Crippen LogP contribution in [0, 0.1) is 13.8 Å². The number of rotatable bonds is 4. The van der Waals surface area contributed by atoms with Crippen molar-refractivity contribution < 1.29 is 4.79 Å². The Morgan fingerprint density at radius 3 is 2.69 bits per heavy atom. The van der Waals surface area contributed by atoms with Gasteiger partial charge in [-0.05, 0) is 61.4 Å². The van der Waals surface area contributed by atoms with Crippen molar-refractivity contribution >= 4 is 55.8 Å². The standard InChI is InChI=1S/C22H17Cl2N3OS/c1-13-6-9-19-20(14(13)2)26-22(29-19)27(12-16-5-3-4-10-25-16)21(28)17-11-15(23)7-8-18(17)24/h3-11H,12H2,1-2H3. The second-order valence-electron chi connectivity index (χ2n) is 6.69. The summed E-state index contributed by atoms with van der Waals surface area (Å²) < 4.78 is 1.03. The van der Waals surface area contributed by atoms with Crippen molar-refractivity contribution in [3.63, 3.8) is 0 Å². The van der Waals surface area contributed by atoms with E-state index in [2.05, 4.69) is 18.0 Å². The van der Waals surface area contributed by atoms with Gasteiger partial charge in [-0.2, -0.15) is 0 Å². The van der Waals surface area contributed by atoms with Gasteiger partial charge in [-0.1, -0.05) is 46.7 Å². The lowest BCUT2D eigenvalue weighted by Crippen LogP contribution is -2.31. The average molecular weight is 442 g/mol. The molecule has 0 radical (unpaired) electrons. The van der Waals surface area contributed by atoms with Crippen molar-refractivity contribution in [2.45, 2.75) is 20.4 Å². The summed E-state index contributed by atoms with van der Waals surface area (Å²) in [4.78, 5) is 24.2. The minimum absolute atomic E-state index is 0.267. The monoisotopic (exact) mass is 441 g/mol. The Balaban J connectivity index is 1.83. The molecule has 4 nitrogen and oxygen atoms in total. The van der Waals surface area contributed by atoms with Crippen LogP contribution in [0.25, 0.3) is 10.2 Å². The van der Waals surface area contributed by atoms with Crippen molar-refractivity contribution in [1.82, 2.24) is 9.97 Å². The molecule has 0 fully saturated rings. The van der Waals surface area contributed by atoms with Gasteiger partial charge < -0.3 is 0 Å². The van der Waals surface area contributed by atoms with Gasteiger partial charge >= 0.3 is 0 Å². The van der Waals surface area contributed by atoms with Gasteiger partial charge in [0.1, 0.15) is 0 Å². The molecule has 0 N–H and O–H groups in total. The van der Waals surface area contributed by atoms with Gasteiger partial charge in [0.2, 0.25) is 0 Å². The fraction of sp³-hybridized carbons (Fsp3) is 0.136. The van der Waals surface area contributed by atoms with Gasteiger partial charge in [0, 0.05) is 11.2 Å². The minimum Gasteiger partial charge on any atom is -0.278 e. The summed E-state index contributed by atoms with van der Waals surface area (Å²) in [5, 5.41) is 1.39. The van der Waals surface area contributed by atoms with Crippen LogP contribution in [0.15, 0.2) is 54.7 Å². The molecule has 0 atom stereocenters. The number of aryl methyl sites for hydroxylation is 2. The van der Waals surface area contributed by atoms with Gasteiger partial charge in [0.05, 0.1) is 33.0 Å². The molecule has 0 aliphatic heterocycles. The summed E-state index contributed by atoms with van der Waals surface area (Å²) in [7, 11) is 0. The normalized spacial score (nSPS) is 11.0. The third kappa shape index (κ3) is 3.99. The molecule has 7 heteroatoms. The minimum atomic E-state index is -0.267. The summed E-state index contributed by atoms with van der Waals surface area (Å²) in [6, 6.07) is 14.6. The molecule has 2 aromatic heterocycles. The Morgan fingerprint density at radius 1 is 1.10 bits per heavy atom. The molecule has 0 bridgehead atoms. The smallest absolute Gasteiger partial charge is 0.262 e. The first kappa shape index (κ1) is 19.8. The molecule has 0 unspecified atom stereocenters. The van der Waals surface area contributed by atoms with Crippen molar-refractivity contribution in [3.8, 4) is 0 Å². The second kappa shape index (κ2) is 8.11. The van der Waals surface area contributed by atoms with Crippen LogP contribution in [0.5, 0.6) is 0 Å². The molecule has 2 heterocycles. The zero-order chi connectivity index (χ0) is 20.5. The molecule has 0 aliphatic carbocycles. The van der Waals surface area contributed by atoms with Gasteiger partial charge in [-0.3, -0.25) is 14.7 Å². The topological polar surface area (TPSA) is 46.1 Å². The highest BCUT2D eigenvalue weighted by atomic mass is 35.5. The molecule has 146 valence electrons. The molecule has 1 amide bonds. The highest BCUT2D eigenvalue weighted by Gasteiger charge is 2.24. The first-order chi connectivity index (χ1) is 13.9. The predicted molar refractivity (Wildman–Crippen MR) is 120 cm³/mol. The van der Waals surface area contributed by atoms with E-state index in [9.17, 15) is 4.79 Å².